The van der Waals surface area contributed by atoms with Crippen molar-refractivity contribution in [2.45, 2.75) is 36.5 Å². The van der Waals surface area contributed by atoms with Crippen molar-refractivity contribution >= 4 is 52.5 Å². The molecule has 1 unspecified atom stereocenters. The highest BCUT2D eigenvalue weighted by Crippen LogP contribution is 2.29. The molecule has 0 spiro atoms. The number of hydrogen-bond acceptors (Lipinski definition) is 7. The summed E-state index contributed by atoms with van der Waals surface area (Å²) in [6.45, 7) is 4.80. The first-order valence-corrected chi connectivity index (χ1v) is 12.0. The van der Waals surface area contributed by atoms with Crippen LogP contribution in [0, 0.1) is 5.92 Å². The Bertz CT molecular complexity index is 1050. The van der Waals surface area contributed by atoms with Crippen LogP contribution >= 0.6 is 35.6 Å². The van der Waals surface area contributed by atoms with Crippen LogP contribution in [0.4, 0.5) is 11.8 Å². The predicted octanol–water partition coefficient (Wildman–Crippen LogP) is 4.79. The zero-order valence-corrected chi connectivity index (χ0v) is 20.1. The fourth-order valence-corrected chi connectivity index (χ4v) is 4.44. The van der Waals surface area contributed by atoms with Crippen molar-refractivity contribution in [2.75, 3.05) is 23.3 Å². The monoisotopic (exact) mass is 485 g/mol. The van der Waals surface area contributed by atoms with Gasteiger partial charge in [-0.05, 0) is 66.5 Å². The summed E-state index contributed by atoms with van der Waals surface area (Å²) in [5.74, 6) is 1.96. The number of hydrogen-bond donors (Lipinski definition) is 2. The van der Waals surface area contributed by atoms with Crippen molar-refractivity contribution in [1.29, 1.82) is 0 Å². The Kier molecular flexibility index (Phi) is 7.72. The van der Waals surface area contributed by atoms with Gasteiger partial charge in [-0.25, -0.2) is 15.0 Å². The lowest BCUT2D eigenvalue weighted by atomic mass is 10.0. The van der Waals surface area contributed by atoms with Crippen LogP contribution in [0.2, 0.25) is 5.02 Å². The molecule has 10 heteroatoms. The Morgan fingerprint density at radius 2 is 2.00 bits per heavy atom. The first kappa shape index (κ1) is 22.7. The summed E-state index contributed by atoms with van der Waals surface area (Å²) in [6, 6.07) is 11.4. The van der Waals surface area contributed by atoms with E-state index < -0.39 is 0 Å². The van der Waals surface area contributed by atoms with Crippen LogP contribution in [-0.2, 0) is 6.54 Å². The standard InChI is InChI=1S/C22H24ClN7S2/c1-15-4-2-11-30(14-15)18-12-19(32-22-24-9-3-10-25-22)28-20(27-18)29-21(31)26-13-16-5-7-17(23)8-6-16/h3,5-10,12,15H,2,4,11,13-14H2,1H3,(H2,26,27,28,29,31). The van der Waals surface area contributed by atoms with E-state index in [1.807, 2.05) is 30.3 Å². The Labute approximate surface area is 202 Å². The second-order valence-electron chi connectivity index (χ2n) is 7.65. The van der Waals surface area contributed by atoms with E-state index in [1.165, 1.54) is 18.2 Å². The summed E-state index contributed by atoms with van der Waals surface area (Å²) in [4.78, 5) is 20.3. The summed E-state index contributed by atoms with van der Waals surface area (Å²) < 4.78 is 0. The average molecular weight is 486 g/mol. The molecule has 0 amide bonds. The third-order valence-corrected chi connectivity index (χ3v) is 6.31. The van der Waals surface area contributed by atoms with Gasteiger partial charge in [0, 0.05) is 43.1 Å². The second-order valence-corrected chi connectivity index (χ2v) is 9.48. The lowest BCUT2D eigenvalue weighted by molar-refractivity contribution is 0.444. The lowest BCUT2D eigenvalue weighted by Crippen LogP contribution is -2.35. The normalized spacial score (nSPS) is 15.9. The molecular weight excluding hydrogens is 462 g/mol. The number of anilines is 2. The van der Waals surface area contributed by atoms with Gasteiger partial charge >= 0.3 is 0 Å². The molecule has 0 saturated carbocycles. The molecule has 4 rings (SSSR count). The molecule has 166 valence electrons. The summed E-state index contributed by atoms with van der Waals surface area (Å²) in [5, 5.41) is 8.89. The van der Waals surface area contributed by atoms with Gasteiger partial charge in [0.1, 0.15) is 10.8 Å². The van der Waals surface area contributed by atoms with Crippen LogP contribution < -0.4 is 15.5 Å². The quantitative estimate of drug-likeness (QED) is 0.291. The predicted molar refractivity (Wildman–Crippen MR) is 133 cm³/mol. The van der Waals surface area contributed by atoms with Crippen LogP contribution in [0.15, 0.2) is 59.0 Å². The molecule has 1 aliphatic heterocycles. The van der Waals surface area contributed by atoms with Crippen LogP contribution in [0.5, 0.6) is 0 Å². The molecule has 1 aromatic carbocycles. The van der Waals surface area contributed by atoms with Crippen LogP contribution in [0.3, 0.4) is 0 Å². The molecule has 0 aliphatic carbocycles. The van der Waals surface area contributed by atoms with Gasteiger partial charge in [-0.1, -0.05) is 30.7 Å². The topological polar surface area (TPSA) is 78.9 Å². The van der Waals surface area contributed by atoms with Crippen molar-refractivity contribution in [2.24, 2.45) is 5.92 Å². The zero-order valence-electron chi connectivity index (χ0n) is 17.7. The molecule has 7 nitrogen and oxygen atoms in total. The SMILES string of the molecule is CC1CCCN(c2cc(Sc3ncccn3)nc(NC(=S)NCc3ccc(Cl)cc3)n2)C1. The maximum Gasteiger partial charge on any atom is 0.232 e. The fourth-order valence-electron chi connectivity index (χ4n) is 3.44. The van der Waals surface area contributed by atoms with Crippen LogP contribution in [0.25, 0.3) is 0 Å². The van der Waals surface area contributed by atoms with Gasteiger partial charge in [0.05, 0.1) is 0 Å². The summed E-state index contributed by atoms with van der Waals surface area (Å²) >= 11 is 12.8. The molecular formula is C22H24ClN7S2. The number of halogens is 1. The van der Waals surface area contributed by atoms with Gasteiger partial charge in [-0.15, -0.1) is 0 Å². The Morgan fingerprint density at radius 1 is 1.22 bits per heavy atom. The smallest absolute Gasteiger partial charge is 0.232 e. The van der Waals surface area contributed by atoms with Gasteiger partial charge in [0.2, 0.25) is 5.95 Å². The summed E-state index contributed by atoms with van der Waals surface area (Å²) in [6.07, 6.45) is 5.83. The highest BCUT2D eigenvalue weighted by Gasteiger charge is 2.20. The van der Waals surface area contributed by atoms with Gasteiger partial charge in [-0.2, -0.15) is 4.98 Å². The van der Waals surface area contributed by atoms with Gasteiger partial charge < -0.3 is 15.5 Å². The van der Waals surface area contributed by atoms with Crippen LogP contribution in [0.1, 0.15) is 25.3 Å². The number of nitrogens with one attached hydrogen (secondary N) is 2. The van der Waals surface area contributed by atoms with Crippen molar-refractivity contribution in [3.63, 3.8) is 0 Å². The number of rotatable bonds is 6. The molecule has 1 saturated heterocycles. The van der Waals surface area contributed by atoms with E-state index >= 15 is 0 Å². The second kappa shape index (κ2) is 10.9. The number of thiocarbonyl (C=S) groups is 1. The molecule has 2 aromatic heterocycles. The number of benzene rings is 1. The van der Waals surface area contributed by atoms with Crippen molar-refractivity contribution in [3.8, 4) is 0 Å². The maximum atomic E-state index is 5.95. The minimum absolute atomic E-state index is 0.452. The van der Waals surface area contributed by atoms with Gasteiger partial charge in [0.25, 0.3) is 0 Å². The first-order valence-electron chi connectivity index (χ1n) is 10.4. The van der Waals surface area contributed by atoms with E-state index in [9.17, 15) is 0 Å². The molecule has 0 bridgehead atoms. The van der Waals surface area contributed by atoms with Crippen LogP contribution in [-0.4, -0.2) is 38.1 Å². The Balaban J connectivity index is 1.50. The molecule has 0 radical (unpaired) electrons. The minimum atomic E-state index is 0.452. The van der Waals surface area contributed by atoms with Crippen molar-refractivity contribution in [1.82, 2.24) is 25.3 Å². The van der Waals surface area contributed by atoms with E-state index in [2.05, 4.69) is 37.4 Å². The molecule has 1 aliphatic rings. The summed E-state index contributed by atoms with van der Waals surface area (Å²) in [7, 11) is 0. The summed E-state index contributed by atoms with van der Waals surface area (Å²) in [5.41, 5.74) is 1.08. The third-order valence-electron chi connectivity index (χ3n) is 5.00. The number of nitrogens with zero attached hydrogens (tertiary/aromatic N) is 5. The first-order chi connectivity index (χ1) is 15.5. The van der Waals surface area contributed by atoms with E-state index in [-0.39, 0.29) is 0 Å². The third kappa shape index (κ3) is 6.51. The van der Waals surface area contributed by atoms with E-state index in [0.29, 0.717) is 33.7 Å². The number of aromatic nitrogens is 4. The average Bonchev–Trinajstić information content (AvgIpc) is 2.79. The zero-order chi connectivity index (χ0) is 22.3. The van der Waals surface area contributed by atoms with Crippen molar-refractivity contribution < 1.29 is 0 Å². The lowest BCUT2D eigenvalue weighted by Gasteiger charge is -2.32. The van der Waals surface area contributed by atoms with Crippen molar-refractivity contribution in [3.05, 3.63) is 59.4 Å². The van der Waals surface area contributed by atoms with E-state index in [0.717, 1.165) is 35.9 Å². The molecule has 3 aromatic rings. The van der Waals surface area contributed by atoms with E-state index in [1.54, 1.807) is 18.5 Å². The minimum Gasteiger partial charge on any atom is -0.358 e. The number of piperidine rings is 1. The molecule has 1 atom stereocenters. The largest absolute Gasteiger partial charge is 0.358 e. The molecule has 32 heavy (non-hydrogen) atoms. The molecule has 1 fully saturated rings. The molecule has 2 N–H and O–H groups in total. The van der Waals surface area contributed by atoms with Gasteiger partial charge in [-0.3, -0.25) is 0 Å². The fraction of sp³-hybridized carbons (Fsp3) is 0.318. The maximum absolute atomic E-state index is 5.95. The highest BCUT2D eigenvalue weighted by molar-refractivity contribution is 7.99. The Hall–Kier alpha value is -2.49. The van der Waals surface area contributed by atoms with Gasteiger partial charge in [0.15, 0.2) is 10.3 Å². The van der Waals surface area contributed by atoms with E-state index in [4.69, 9.17) is 28.8 Å². The highest BCUT2D eigenvalue weighted by atomic mass is 35.5. The molecule has 3 heterocycles. The Morgan fingerprint density at radius 3 is 2.75 bits per heavy atom.